The fourth-order valence-corrected chi connectivity index (χ4v) is 2.57. The van der Waals surface area contributed by atoms with E-state index >= 15 is 0 Å². The lowest BCUT2D eigenvalue weighted by Gasteiger charge is -2.34. The number of rotatable bonds is 2. The van der Waals surface area contributed by atoms with Gasteiger partial charge >= 0.3 is 0 Å². The topological polar surface area (TPSA) is 12.5 Å². The van der Waals surface area contributed by atoms with E-state index in [1.807, 2.05) is 0 Å². The predicted octanol–water partition coefficient (Wildman–Crippen LogP) is 1.56. The molecule has 3 heteroatoms. The Labute approximate surface area is 78.2 Å². The summed E-state index contributed by atoms with van der Waals surface area (Å²) in [6.07, 6.45) is 2.61. The molecule has 12 heavy (non-hydrogen) atoms. The van der Waals surface area contributed by atoms with Crippen molar-refractivity contribution in [3.8, 4) is 0 Å². The molecule has 0 N–H and O–H groups in total. The van der Waals surface area contributed by atoms with E-state index < -0.39 is 0 Å². The van der Waals surface area contributed by atoms with Crippen molar-refractivity contribution in [2.75, 3.05) is 6.54 Å². The summed E-state index contributed by atoms with van der Waals surface area (Å²) >= 11 is 0. The fraction of sp³-hybridized carbons (Fsp3) is 1.00. The molecule has 0 aromatic carbocycles. The van der Waals surface area contributed by atoms with Gasteiger partial charge in [-0.2, -0.15) is 5.06 Å². The maximum absolute atomic E-state index is 5.71. The highest BCUT2D eigenvalue weighted by molar-refractivity contribution is 6.24. The minimum Gasteiger partial charge on any atom is -0.351 e. The van der Waals surface area contributed by atoms with Gasteiger partial charge in [-0.05, 0) is 24.8 Å². The highest BCUT2D eigenvalue weighted by Crippen LogP contribution is 2.32. The number of nitrogens with zero attached hydrogens (tertiary/aromatic N) is 1. The average molecular weight is 187 g/mol. The van der Waals surface area contributed by atoms with E-state index in [1.165, 1.54) is 12.8 Å². The quantitative estimate of drug-likeness (QED) is 0.608. The summed E-state index contributed by atoms with van der Waals surface area (Å²) in [5.74, 6) is 0. The Hall–Kier alpha value is 0.137. The van der Waals surface area contributed by atoms with Gasteiger partial charge in [0.15, 0.2) is 9.76 Å². The Bertz CT molecular complexity index is 144. The van der Waals surface area contributed by atoms with E-state index in [0.717, 1.165) is 6.54 Å². The van der Waals surface area contributed by atoms with Crippen molar-refractivity contribution < 1.29 is 4.53 Å². The first-order chi connectivity index (χ1) is 5.55. The van der Waals surface area contributed by atoms with E-state index in [-0.39, 0.29) is 9.76 Å². The summed E-state index contributed by atoms with van der Waals surface area (Å²) in [7, 11) is -0.279. The standard InChI is InChI=1S/C9H21NOSi/c1-9(2,3)8-6-5-7-10(8)11-12-4/h8H,5-7,12H2,1-4H3. The van der Waals surface area contributed by atoms with Gasteiger partial charge in [0.2, 0.25) is 0 Å². The lowest BCUT2D eigenvalue weighted by Crippen LogP contribution is -2.39. The molecular weight excluding hydrogens is 166 g/mol. The molecule has 0 radical (unpaired) electrons. The normalized spacial score (nSPS) is 27.5. The molecule has 0 spiro atoms. The summed E-state index contributed by atoms with van der Waals surface area (Å²) in [5.41, 5.74) is 0.375. The molecule has 0 amide bonds. The number of hydrogen-bond donors (Lipinski definition) is 0. The first-order valence-electron chi connectivity index (χ1n) is 4.95. The molecule has 2 nitrogen and oxygen atoms in total. The second kappa shape index (κ2) is 3.90. The van der Waals surface area contributed by atoms with E-state index in [0.29, 0.717) is 11.5 Å². The van der Waals surface area contributed by atoms with Crippen LogP contribution in [0.3, 0.4) is 0 Å². The van der Waals surface area contributed by atoms with Crippen LogP contribution in [0, 0.1) is 5.41 Å². The minimum atomic E-state index is -0.279. The lowest BCUT2D eigenvalue weighted by atomic mass is 9.86. The monoisotopic (exact) mass is 187 g/mol. The smallest absolute Gasteiger partial charge is 0.187 e. The van der Waals surface area contributed by atoms with Gasteiger partial charge in [-0.15, -0.1) is 0 Å². The van der Waals surface area contributed by atoms with Crippen LogP contribution in [0.5, 0.6) is 0 Å². The predicted molar refractivity (Wildman–Crippen MR) is 54.7 cm³/mol. The van der Waals surface area contributed by atoms with Gasteiger partial charge in [0.1, 0.15) is 0 Å². The van der Waals surface area contributed by atoms with Crippen molar-refractivity contribution in [2.45, 2.75) is 46.2 Å². The van der Waals surface area contributed by atoms with E-state index in [2.05, 4.69) is 32.4 Å². The van der Waals surface area contributed by atoms with Crippen LogP contribution >= 0.6 is 0 Å². The zero-order valence-electron chi connectivity index (χ0n) is 8.76. The molecule has 1 saturated heterocycles. The van der Waals surface area contributed by atoms with E-state index in [4.69, 9.17) is 4.53 Å². The van der Waals surface area contributed by atoms with Crippen LogP contribution in [0.15, 0.2) is 0 Å². The van der Waals surface area contributed by atoms with Gasteiger partial charge < -0.3 is 4.53 Å². The van der Waals surface area contributed by atoms with Crippen molar-refractivity contribution in [3.63, 3.8) is 0 Å². The summed E-state index contributed by atoms with van der Waals surface area (Å²) < 4.78 is 5.71. The molecule has 0 saturated carbocycles. The molecule has 0 bridgehead atoms. The summed E-state index contributed by atoms with van der Waals surface area (Å²) in [5, 5.41) is 2.23. The molecule has 1 fully saturated rings. The first-order valence-corrected chi connectivity index (χ1v) is 6.94. The molecule has 72 valence electrons. The van der Waals surface area contributed by atoms with Crippen molar-refractivity contribution in [3.05, 3.63) is 0 Å². The van der Waals surface area contributed by atoms with Gasteiger partial charge in [0.25, 0.3) is 0 Å². The van der Waals surface area contributed by atoms with Gasteiger partial charge in [-0.1, -0.05) is 20.8 Å². The van der Waals surface area contributed by atoms with Crippen LogP contribution in [0.2, 0.25) is 6.55 Å². The summed E-state index contributed by atoms with van der Waals surface area (Å²) in [6.45, 7) is 10.2. The Kier molecular flexibility index (Phi) is 3.32. The van der Waals surface area contributed by atoms with E-state index in [9.17, 15) is 0 Å². The van der Waals surface area contributed by atoms with Gasteiger partial charge in [0.05, 0.1) is 0 Å². The second-order valence-electron chi connectivity index (χ2n) is 4.58. The SMILES string of the molecule is C[SiH2]ON1CCCC1C(C)(C)C. The van der Waals surface area contributed by atoms with Gasteiger partial charge in [-0.25, -0.2) is 0 Å². The molecule has 1 unspecified atom stereocenters. The number of hydrogen-bond acceptors (Lipinski definition) is 2. The third kappa shape index (κ3) is 2.31. The molecule has 1 atom stereocenters. The highest BCUT2D eigenvalue weighted by Gasteiger charge is 2.34. The molecule has 1 aliphatic heterocycles. The van der Waals surface area contributed by atoms with Gasteiger partial charge in [-0.3, -0.25) is 0 Å². The average Bonchev–Trinajstić information content (AvgIpc) is 2.34. The maximum Gasteiger partial charge on any atom is 0.187 e. The van der Waals surface area contributed by atoms with Gasteiger partial charge in [0, 0.05) is 12.6 Å². The zero-order valence-corrected chi connectivity index (χ0v) is 10.2. The van der Waals surface area contributed by atoms with Crippen LogP contribution in [0.1, 0.15) is 33.6 Å². The molecule has 0 aromatic heterocycles. The highest BCUT2D eigenvalue weighted by atomic mass is 28.2. The van der Waals surface area contributed by atoms with Crippen molar-refractivity contribution in [1.82, 2.24) is 5.06 Å². The van der Waals surface area contributed by atoms with Crippen molar-refractivity contribution >= 4 is 9.76 Å². The minimum absolute atomic E-state index is 0.279. The molecular formula is C9H21NOSi. The third-order valence-corrected chi connectivity index (χ3v) is 3.09. The Morgan fingerprint density at radius 3 is 2.58 bits per heavy atom. The zero-order chi connectivity index (χ0) is 9.19. The molecule has 0 aromatic rings. The summed E-state index contributed by atoms with van der Waals surface area (Å²) in [4.78, 5) is 0. The number of hydroxylamine groups is 2. The third-order valence-electron chi connectivity index (χ3n) is 2.50. The Balaban J connectivity index is 2.52. The molecule has 0 aliphatic carbocycles. The summed E-state index contributed by atoms with van der Waals surface area (Å²) in [6, 6.07) is 0.643. The first kappa shape index (κ1) is 10.2. The maximum atomic E-state index is 5.71. The Morgan fingerprint density at radius 1 is 1.42 bits per heavy atom. The second-order valence-corrected chi connectivity index (χ2v) is 5.42. The van der Waals surface area contributed by atoms with Crippen LogP contribution in [0.4, 0.5) is 0 Å². The molecule has 1 rings (SSSR count). The van der Waals surface area contributed by atoms with Crippen LogP contribution < -0.4 is 0 Å². The molecule has 1 heterocycles. The van der Waals surface area contributed by atoms with Crippen molar-refractivity contribution in [2.24, 2.45) is 5.41 Å². The lowest BCUT2D eigenvalue weighted by molar-refractivity contribution is -0.0983. The van der Waals surface area contributed by atoms with Crippen LogP contribution in [-0.4, -0.2) is 27.4 Å². The van der Waals surface area contributed by atoms with Crippen LogP contribution in [-0.2, 0) is 4.53 Å². The van der Waals surface area contributed by atoms with Crippen LogP contribution in [0.25, 0.3) is 0 Å². The van der Waals surface area contributed by atoms with Crippen molar-refractivity contribution in [1.29, 1.82) is 0 Å². The fourth-order valence-electron chi connectivity index (χ4n) is 1.93. The van der Waals surface area contributed by atoms with E-state index in [1.54, 1.807) is 0 Å². The Morgan fingerprint density at radius 2 is 2.08 bits per heavy atom. The molecule has 1 aliphatic rings. The largest absolute Gasteiger partial charge is 0.351 e.